The van der Waals surface area contributed by atoms with Crippen LogP contribution in [0.1, 0.15) is 66.4 Å². The highest BCUT2D eigenvalue weighted by Crippen LogP contribution is 2.20. The summed E-state index contributed by atoms with van der Waals surface area (Å²) in [5.74, 6) is 0.109. The lowest BCUT2D eigenvalue weighted by Gasteiger charge is -2.14. The molecule has 1 aliphatic rings. The monoisotopic (exact) mass is 351 g/mol. The summed E-state index contributed by atoms with van der Waals surface area (Å²) < 4.78 is 6.80. The standard InChI is InChI=1S/C16H22ClN5O2/c1-10-14(17)11(2)22(20-10)9-13-19-16(24-21-13)15(23)18-12-7-5-3-4-6-8-12/h12H,3-9H2,1-2H3,(H,18,23). The van der Waals surface area contributed by atoms with Crippen molar-refractivity contribution in [3.63, 3.8) is 0 Å². The zero-order valence-corrected chi connectivity index (χ0v) is 14.8. The zero-order valence-electron chi connectivity index (χ0n) is 14.0. The van der Waals surface area contributed by atoms with Gasteiger partial charge in [0.1, 0.15) is 6.54 Å². The molecule has 130 valence electrons. The number of rotatable bonds is 4. The van der Waals surface area contributed by atoms with Crippen LogP contribution >= 0.6 is 11.6 Å². The molecule has 0 aliphatic heterocycles. The number of hydrogen-bond donors (Lipinski definition) is 1. The summed E-state index contributed by atoms with van der Waals surface area (Å²) in [5.41, 5.74) is 1.59. The molecule has 0 saturated heterocycles. The van der Waals surface area contributed by atoms with Gasteiger partial charge in [-0.2, -0.15) is 10.1 Å². The van der Waals surface area contributed by atoms with Crippen molar-refractivity contribution in [3.8, 4) is 0 Å². The molecular weight excluding hydrogens is 330 g/mol. The van der Waals surface area contributed by atoms with Crippen LogP contribution in [0.25, 0.3) is 0 Å². The van der Waals surface area contributed by atoms with E-state index in [0.29, 0.717) is 17.4 Å². The van der Waals surface area contributed by atoms with Crippen molar-refractivity contribution < 1.29 is 9.32 Å². The van der Waals surface area contributed by atoms with Crippen molar-refractivity contribution in [3.05, 3.63) is 28.1 Å². The topological polar surface area (TPSA) is 85.8 Å². The second kappa shape index (κ2) is 7.34. The molecule has 7 nitrogen and oxygen atoms in total. The molecule has 3 rings (SSSR count). The summed E-state index contributed by atoms with van der Waals surface area (Å²) in [5, 5.41) is 11.8. The lowest BCUT2D eigenvalue weighted by Crippen LogP contribution is -2.34. The lowest BCUT2D eigenvalue weighted by molar-refractivity contribution is 0.0889. The molecule has 1 saturated carbocycles. The summed E-state index contributed by atoms with van der Waals surface area (Å²) >= 11 is 6.13. The van der Waals surface area contributed by atoms with Crippen LogP contribution in [0.3, 0.4) is 0 Å². The van der Waals surface area contributed by atoms with Crippen LogP contribution in [0.4, 0.5) is 0 Å². The number of carbonyl (C=O) groups excluding carboxylic acids is 1. The molecule has 0 radical (unpaired) electrons. The van der Waals surface area contributed by atoms with Gasteiger partial charge in [-0.3, -0.25) is 9.48 Å². The van der Waals surface area contributed by atoms with E-state index in [2.05, 4.69) is 20.6 Å². The lowest BCUT2D eigenvalue weighted by atomic mass is 10.1. The smallest absolute Gasteiger partial charge is 0.316 e. The third kappa shape index (κ3) is 3.77. The minimum atomic E-state index is -0.299. The van der Waals surface area contributed by atoms with E-state index in [0.717, 1.165) is 37.1 Å². The molecule has 1 aliphatic carbocycles. The maximum Gasteiger partial charge on any atom is 0.316 e. The molecule has 0 bridgehead atoms. The Balaban J connectivity index is 1.64. The first-order chi connectivity index (χ1) is 11.5. The number of amides is 1. The van der Waals surface area contributed by atoms with Crippen LogP contribution in [0, 0.1) is 13.8 Å². The normalized spacial score (nSPS) is 16.1. The largest absolute Gasteiger partial charge is 0.345 e. The van der Waals surface area contributed by atoms with Crippen LogP contribution in [-0.2, 0) is 6.54 Å². The molecule has 24 heavy (non-hydrogen) atoms. The Morgan fingerprint density at radius 1 is 1.29 bits per heavy atom. The highest BCUT2D eigenvalue weighted by atomic mass is 35.5. The average molecular weight is 352 g/mol. The molecule has 2 aromatic heterocycles. The van der Waals surface area contributed by atoms with Crippen LogP contribution in [0.15, 0.2) is 4.52 Å². The third-order valence-electron chi connectivity index (χ3n) is 4.44. The predicted octanol–water partition coefficient (Wildman–Crippen LogP) is 3.04. The van der Waals surface area contributed by atoms with Gasteiger partial charge in [0.2, 0.25) is 0 Å². The number of nitrogens with one attached hydrogen (secondary N) is 1. The highest BCUT2D eigenvalue weighted by Gasteiger charge is 2.21. The molecule has 0 aromatic carbocycles. The molecule has 0 spiro atoms. The Hall–Kier alpha value is -1.89. The fourth-order valence-corrected chi connectivity index (χ4v) is 3.18. The van der Waals surface area contributed by atoms with E-state index >= 15 is 0 Å². The molecule has 8 heteroatoms. The van der Waals surface area contributed by atoms with Crippen molar-refractivity contribution in [2.75, 3.05) is 0 Å². The number of carbonyl (C=O) groups is 1. The first-order valence-electron chi connectivity index (χ1n) is 8.37. The molecule has 1 amide bonds. The van der Waals surface area contributed by atoms with E-state index < -0.39 is 0 Å². The number of nitrogens with zero attached hydrogens (tertiary/aromatic N) is 4. The molecule has 0 unspecified atom stereocenters. The summed E-state index contributed by atoms with van der Waals surface area (Å²) in [6.07, 6.45) is 6.80. The first-order valence-corrected chi connectivity index (χ1v) is 8.75. The predicted molar refractivity (Wildman–Crippen MR) is 89.1 cm³/mol. The molecular formula is C16H22ClN5O2. The molecule has 2 aromatic rings. The maximum atomic E-state index is 12.3. The van der Waals surface area contributed by atoms with Gasteiger partial charge < -0.3 is 9.84 Å². The fraction of sp³-hybridized carbons (Fsp3) is 0.625. The van der Waals surface area contributed by atoms with Crippen molar-refractivity contribution in [2.24, 2.45) is 0 Å². The third-order valence-corrected chi connectivity index (χ3v) is 4.98. The maximum absolute atomic E-state index is 12.3. The Morgan fingerprint density at radius 3 is 2.62 bits per heavy atom. The summed E-state index contributed by atoms with van der Waals surface area (Å²) in [4.78, 5) is 16.4. The minimum absolute atomic E-state index is 0.00174. The zero-order chi connectivity index (χ0) is 17.1. The van der Waals surface area contributed by atoms with Gasteiger partial charge in [0.25, 0.3) is 0 Å². The van der Waals surface area contributed by atoms with E-state index in [9.17, 15) is 4.79 Å². The van der Waals surface area contributed by atoms with E-state index in [1.807, 2.05) is 13.8 Å². The van der Waals surface area contributed by atoms with Gasteiger partial charge in [-0.15, -0.1) is 0 Å². The highest BCUT2D eigenvalue weighted by molar-refractivity contribution is 6.31. The van der Waals surface area contributed by atoms with E-state index in [-0.39, 0.29) is 17.8 Å². The number of halogens is 1. The van der Waals surface area contributed by atoms with Gasteiger partial charge in [0.15, 0.2) is 5.82 Å². The van der Waals surface area contributed by atoms with E-state index in [4.69, 9.17) is 16.1 Å². The van der Waals surface area contributed by atoms with Crippen LogP contribution < -0.4 is 5.32 Å². The van der Waals surface area contributed by atoms with Crippen molar-refractivity contribution in [1.29, 1.82) is 0 Å². The summed E-state index contributed by atoms with van der Waals surface area (Å²) in [7, 11) is 0. The molecule has 1 N–H and O–H groups in total. The van der Waals surface area contributed by atoms with Crippen molar-refractivity contribution >= 4 is 17.5 Å². The van der Waals surface area contributed by atoms with Gasteiger partial charge in [0, 0.05) is 6.04 Å². The second-order valence-corrected chi connectivity index (χ2v) is 6.70. The minimum Gasteiger partial charge on any atom is -0.345 e. The fourth-order valence-electron chi connectivity index (χ4n) is 3.04. The Labute approximate surface area is 145 Å². The second-order valence-electron chi connectivity index (χ2n) is 6.32. The Bertz CT molecular complexity index is 716. The Morgan fingerprint density at radius 2 is 2.00 bits per heavy atom. The van der Waals surface area contributed by atoms with Crippen molar-refractivity contribution in [1.82, 2.24) is 25.2 Å². The van der Waals surface area contributed by atoms with Gasteiger partial charge in [-0.25, -0.2) is 0 Å². The van der Waals surface area contributed by atoms with Crippen molar-refractivity contribution in [2.45, 2.75) is 65.0 Å². The van der Waals surface area contributed by atoms with Crippen LogP contribution in [-0.4, -0.2) is 31.9 Å². The van der Waals surface area contributed by atoms with Gasteiger partial charge in [0.05, 0.1) is 16.4 Å². The molecule has 2 heterocycles. The summed E-state index contributed by atoms with van der Waals surface area (Å²) in [6.45, 7) is 4.04. The van der Waals surface area contributed by atoms with E-state index in [1.165, 1.54) is 12.8 Å². The SMILES string of the molecule is Cc1nn(Cc2noc(C(=O)NC3CCCCCC3)n2)c(C)c1Cl. The average Bonchev–Trinajstić information content (AvgIpc) is 3.00. The summed E-state index contributed by atoms with van der Waals surface area (Å²) in [6, 6.07) is 0.199. The number of aromatic nitrogens is 4. The molecule has 1 fully saturated rings. The first kappa shape index (κ1) is 17.0. The van der Waals surface area contributed by atoms with Gasteiger partial charge >= 0.3 is 11.8 Å². The van der Waals surface area contributed by atoms with Crippen LogP contribution in [0.2, 0.25) is 5.02 Å². The quantitative estimate of drug-likeness (QED) is 0.855. The number of hydrogen-bond acceptors (Lipinski definition) is 5. The van der Waals surface area contributed by atoms with Crippen LogP contribution in [0.5, 0.6) is 0 Å². The van der Waals surface area contributed by atoms with Gasteiger partial charge in [-0.05, 0) is 26.7 Å². The molecule has 0 atom stereocenters. The Kier molecular flexibility index (Phi) is 5.18. The van der Waals surface area contributed by atoms with Gasteiger partial charge in [-0.1, -0.05) is 42.4 Å². The number of aryl methyl sites for hydroxylation is 1. The van der Waals surface area contributed by atoms with E-state index in [1.54, 1.807) is 4.68 Å².